The van der Waals surface area contributed by atoms with Crippen molar-refractivity contribution in [2.24, 2.45) is 7.05 Å². The van der Waals surface area contributed by atoms with Crippen LogP contribution in [0.2, 0.25) is 0 Å². The van der Waals surface area contributed by atoms with E-state index in [1.165, 1.54) is 12.8 Å². The number of aromatic nitrogens is 3. The van der Waals surface area contributed by atoms with Crippen LogP contribution in [0.4, 0.5) is 0 Å². The lowest BCUT2D eigenvalue weighted by Gasteiger charge is -2.25. The molecule has 1 aromatic rings. The molecule has 1 rings (SSSR count). The smallest absolute Gasteiger partial charge is 0.0738 e. The lowest BCUT2D eigenvalue weighted by Crippen LogP contribution is -2.38. The summed E-state index contributed by atoms with van der Waals surface area (Å²) in [5.74, 6) is 0. The molecule has 0 aliphatic rings. The van der Waals surface area contributed by atoms with Crippen LogP contribution in [0.1, 0.15) is 39.3 Å². The van der Waals surface area contributed by atoms with Gasteiger partial charge in [0.2, 0.25) is 0 Å². The third-order valence-electron chi connectivity index (χ3n) is 2.43. The minimum Gasteiger partial charge on any atom is -0.306 e. The van der Waals surface area contributed by atoms with Crippen LogP contribution in [0.5, 0.6) is 0 Å². The van der Waals surface area contributed by atoms with Crippen LogP contribution in [0.25, 0.3) is 0 Å². The number of aryl methyl sites for hydroxylation is 1. The Bertz CT molecular complexity index is 277. The Morgan fingerprint density at radius 1 is 1.50 bits per heavy atom. The lowest BCUT2D eigenvalue weighted by molar-refractivity contribution is 0.352. The SMILES string of the molecule is CCCC(C)(C)NCc1cnnn1C. The lowest BCUT2D eigenvalue weighted by atomic mass is 9.99. The van der Waals surface area contributed by atoms with Crippen LogP contribution in [-0.4, -0.2) is 20.5 Å². The molecule has 0 fully saturated rings. The van der Waals surface area contributed by atoms with Crippen molar-refractivity contribution in [3.05, 3.63) is 11.9 Å². The van der Waals surface area contributed by atoms with Crippen molar-refractivity contribution in [2.75, 3.05) is 0 Å². The number of rotatable bonds is 5. The molecule has 0 radical (unpaired) electrons. The van der Waals surface area contributed by atoms with Crippen LogP contribution in [0.15, 0.2) is 6.20 Å². The Morgan fingerprint density at radius 2 is 2.21 bits per heavy atom. The number of nitrogens with zero attached hydrogens (tertiary/aromatic N) is 3. The summed E-state index contributed by atoms with van der Waals surface area (Å²) in [6, 6.07) is 0. The Balaban J connectivity index is 2.44. The summed E-state index contributed by atoms with van der Waals surface area (Å²) in [7, 11) is 1.91. The number of hydrogen-bond acceptors (Lipinski definition) is 3. The predicted octanol–water partition coefficient (Wildman–Crippen LogP) is 1.48. The Labute approximate surface area is 85.7 Å². The maximum atomic E-state index is 3.89. The molecule has 0 saturated heterocycles. The van der Waals surface area contributed by atoms with E-state index in [0.29, 0.717) is 0 Å². The molecular weight excluding hydrogens is 176 g/mol. The van der Waals surface area contributed by atoms with Crippen LogP contribution >= 0.6 is 0 Å². The molecule has 0 aliphatic heterocycles. The van der Waals surface area contributed by atoms with Gasteiger partial charge in [0.05, 0.1) is 11.9 Å². The fourth-order valence-electron chi connectivity index (χ4n) is 1.51. The summed E-state index contributed by atoms with van der Waals surface area (Å²) in [5.41, 5.74) is 1.31. The summed E-state index contributed by atoms with van der Waals surface area (Å²) in [6.45, 7) is 7.48. The van der Waals surface area contributed by atoms with E-state index in [0.717, 1.165) is 12.2 Å². The zero-order valence-electron chi connectivity index (χ0n) is 9.54. The van der Waals surface area contributed by atoms with E-state index < -0.39 is 0 Å². The van der Waals surface area contributed by atoms with E-state index in [2.05, 4.69) is 36.4 Å². The Morgan fingerprint density at radius 3 is 2.71 bits per heavy atom. The summed E-state index contributed by atoms with van der Waals surface area (Å²) < 4.78 is 1.80. The summed E-state index contributed by atoms with van der Waals surface area (Å²) in [4.78, 5) is 0. The van der Waals surface area contributed by atoms with Gasteiger partial charge in [-0.2, -0.15) is 0 Å². The molecule has 0 atom stereocenters. The molecule has 4 heteroatoms. The summed E-state index contributed by atoms with van der Waals surface area (Å²) in [6.07, 6.45) is 4.18. The fraction of sp³-hybridized carbons (Fsp3) is 0.800. The molecule has 0 aliphatic carbocycles. The van der Waals surface area contributed by atoms with Crippen LogP contribution < -0.4 is 5.32 Å². The average Bonchev–Trinajstić information content (AvgIpc) is 2.48. The van der Waals surface area contributed by atoms with Crippen LogP contribution in [0, 0.1) is 0 Å². The third kappa shape index (κ3) is 3.10. The highest BCUT2D eigenvalue weighted by Gasteiger charge is 2.15. The summed E-state index contributed by atoms with van der Waals surface area (Å²) >= 11 is 0. The third-order valence-corrected chi connectivity index (χ3v) is 2.43. The van der Waals surface area contributed by atoms with Crippen molar-refractivity contribution in [3.8, 4) is 0 Å². The first-order valence-corrected chi connectivity index (χ1v) is 5.14. The molecule has 0 aromatic carbocycles. The molecule has 1 N–H and O–H groups in total. The molecule has 0 saturated carbocycles. The van der Waals surface area contributed by atoms with Gasteiger partial charge in [-0.25, -0.2) is 0 Å². The van der Waals surface area contributed by atoms with Crippen molar-refractivity contribution in [1.29, 1.82) is 0 Å². The molecule has 80 valence electrons. The molecule has 0 bridgehead atoms. The quantitative estimate of drug-likeness (QED) is 0.775. The highest BCUT2D eigenvalue weighted by molar-refractivity contribution is 4.94. The minimum absolute atomic E-state index is 0.193. The van der Waals surface area contributed by atoms with Crippen molar-refractivity contribution < 1.29 is 0 Å². The van der Waals surface area contributed by atoms with Gasteiger partial charge >= 0.3 is 0 Å². The molecule has 0 unspecified atom stereocenters. The van der Waals surface area contributed by atoms with Gasteiger partial charge in [-0.3, -0.25) is 4.68 Å². The standard InChI is InChI=1S/C10H20N4/c1-5-6-10(2,3)11-7-9-8-12-13-14(9)4/h8,11H,5-7H2,1-4H3. The molecule has 1 heterocycles. The average molecular weight is 196 g/mol. The van der Waals surface area contributed by atoms with Gasteiger partial charge < -0.3 is 5.32 Å². The second kappa shape index (κ2) is 4.55. The first kappa shape index (κ1) is 11.2. The largest absolute Gasteiger partial charge is 0.306 e. The topological polar surface area (TPSA) is 42.7 Å². The molecule has 0 amide bonds. The fourth-order valence-corrected chi connectivity index (χ4v) is 1.51. The van der Waals surface area contributed by atoms with Gasteiger partial charge in [0, 0.05) is 19.1 Å². The van der Waals surface area contributed by atoms with Crippen LogP contribution in [0.3, 0.4) is 0 Å². The van der Waals surface area contributed by atoms with E-state index in [-0.39, 0.29) is 5.54 Å². The van der Waals surface area contributed by atoms with Gasteiger partial charge in [-0.05, 0) is 20.3 Å². The van der Waals surface area contributed by atoms with Crippen molar-refractivity contribution in [1.82, 2.24) is 20.3 Å². The van der Waals surface area contributed by atoms with E-state index in [9.17, 15) is 0 Å². The molecular formula is C10H20N4. The van der Waals surface area contributed by atoms with Crippen molar-refractivity contribution in [3.63, 3.8) is 0 Å². The van der Waals surface area contributed by atoms with Gasteiger partial charge in [0.15, 0.2) is 0 Å². The summed E-state index contributed by atoms with van der Waals surface area (Å²) in [5, 5.41) is 11.2. The van der Waals surface area contributed by atoms with Gasteiger partial charge in [0.1, 0.15) is 0 Å². The van der Waals surface area contributed by atoms with E-state index in [1.807, 2.05) is 7.05 Å². The van der Waals surface area contributed by atoms with Gasteiger partial charge in [-0.15, -0.1) is 5.10 Å². The predicted molar refractivity (Wildman–Crippen MR) is 56.8 cm³/mol. The van der Waals surface area contributed by atoms with E-state index in [1.54, 1.807) is 10.9 Å². The first-order valence-electron chi connectivity index (χ1n) is 5.14. The maximum Gasteiger partial charge on any atom is 0.0738 e. The molecule has 14 heavy (non-hydrogen) atoms. The van der Waals surface area contributed by atoms with Gasteiger partial charge in [0.25, 0.3) is 0 Å². The second-order valence-corrected chi connectivity index (χ2v) is 4.34. The normalized spacial score (nSPS) is 12.0. The first-order chi connectivity index (χ1) is 6.55. The zero-order chi connectivity index (χ0) is 10.6. The number of nitrogens with one attached hydrogen (secondary N) is 1. The number of hydrogen-bond donors (Lipinski definition) is 1. The molecule has 1 aromatic heterocycles. The second-order valence-electron chi connectivity index (χ2n) is 4.34. The van der Waals surface area contributed by atoms with E-state index in [4.69, 9.17) is 0 Å². The van der Waals surface area contributed by atoms with E-state index >= 15 is 0 Å². The Kier molecular flexibility index (Phi) is 3.63. The van der Waals surface area contributed by atoms with Crippen molar-refractivity contribution in [2.45, 2.75) is 45.7 Å². The zero-order valence-corrected chi connectivity index (χ0v) is 9.54. The molecule has 0 spiro atoms. The highest BCUT2D eigenvalue weighted by Crippen LogP contribution is 2.11. The van der Waals surface area contributed by atoms with Crippen LogP contribution in [-0.2, 0) is 13.6 Å². The molecule has 4 nitrogen and oxygen atoms in total. The highest BCUT2D eigenvalue weighted by atomic mass is 15.4. The maximum absolute atomic E-state index is 3.89. The monoisotopic (exact) mass is 196 g/mol. The Hall–Kier alpha value is -0.900. The van der Waals surface area contributed by atoms with Crippen molar-refractivity contribution >= 4 is 0 Å². The minimum atomic E-state index is 0.193. The van der Waals surface area contributed by atoms with Gasteiger partial charge in [-0.1, -0.05) is 18.6 Å².